The van der Waals surface area contributed by atoms with Gasteiger partial charge in [0.05, 0.1) is 23.9 Å². The molecule has 0 saturated carbocycles. The highest BCUT2D eigenvalue weighted by Gasteiger charge is 2.28. The van der Waals surface area contributed by atoms with Gasteiger partial charge in [0.2, 0.25) is 0 Å². The number of thiazole rings is 1. The molecule has 25 heavy (non-hydrogen) atoms. The lowest BCUT2D eigenvalue weighted by atomic mass is 9.97. The number of benzene rings is 1. The van der Waals surface area contributed by atoms with Gasteiger partial charge in [-0.15, -0.1) is 11.3 Å². The van der Waals surface area contributed by atoms with Gasteiger partial charge in [0.25, 0.3) is 5.91 Å². The number of aromatic nitrogens is 1. The van der Waals surface area contributed by atoms with Crippen molar-refractivity contribution in [2.45, 2.75) is 18.8 Å². The van der Waals surface area contributed by atoms with Crippen molar-refractivity contribution in [1.82, 2.24) is 9.88 Å². The Bertz CT molecular complexity index is 800. The fourth-order valence-corrected chi connectivity index (χ4v) is 3.80. The van der Waals surface area contributed by atoms with E-state index < -0.39 is 11.8 Å². The molecule has 0 radical (unpaired) electrons. The van der Waals surface area contributed by atoms with E-state index in [2.05, 4.69) is 4.98 Å². The average molecular weight is 364 g/mol. The van der Waals surface area contributed by atoms with Crippen LogP contribution in [0.4, 0.5) is 4.39 Å². The van der Waals surface area contributed by atoms with Crippen molar-refractivity contribution in [1.29, 1.82) is 0 Å². The molecule has 1 amide bonds. The number of hydrogen-bond acceptors (Lipinski definition) is 5. The number of nitrogens with zero attached hydrogens (tertiary/aromatic N) is 2. The van der Waals surface area contributed by atoms with Gasteiger partial charge in [-0.1, -0.05) is 0 Å². The Labute approximate surface area is 147 Å². The van der Waals surface area contributed by atoms with Crippen LogP contribution >= 0.6 is 11.3 Å². The Morgan fingerprint density at radius 3 is 2.64 bits per heavy atom. The summed E-state index contributed by atoms with van der Waals surface area (Å²) in [7, 11) is 1.44. The van der Waals surface area contributed by atoms with Crippen LogP contribution < -0.4 is 4.74 Å². The van der Waals surface area contributed by atoms with Crippen molar-refractivity contribution < 1.29 is 23.8 Å². The van der Waals surface area contributed by atoms with Gasteiger partial charge in [-0.05, 0) is 25.0 Å². The van der Waals surface area contributed by atoms with E-state index in [4.69, 9.17) is 9.84 Å². The normalized spacial score (nSPS) is 15.2. The third kappa shape index (κ3) is 3.63. The Balaban J connectivity index is 1.65. The zero-order valence-corrected chi connectivity index (χ0v) is 14.4. The molecule has 0 bridgehead atoms. The predicted octanol–water partition coefficient (Wildman–Crippen LogP) is 3.01. The van der Waals surface area contributed by atoms with Crippen LogP contribution in [0.25, 0.3) is 0 Å². The lowest BCUT2D eigenvalue weighted by Crippen LogP contribution is -2.38. The van der Waals surface area contributed by atoms with E-state index in [1.807, 2.05) is 0 Å². The summed E-state index contributed by atoms with van der Waals surface area (Å²) < 4.78 is 19.0. The summed E-state index contributed by atoms with van der Waals surface area (Å²) in [4.78, 5) is 29.5. The van der Waals surface area contributed by atoms with Crippen LogP contribution in [-0.2, 0) is 0 Å². The first-order valence-electron chi connectivity index (χ1n) is 7.81. The Morgan fingerprint density at radius 1 is 1.36 bits per heavy atom. The van der Waals surface area contributed by atoms with Gasteiger partial charge in [0.15, 0.2) is 0 Å². The molecular weight excluding hydrogens is 347 g/mol. The van der Waals surface area contributed by atoms with Gasteiger partial charge >= 0.3 is 5.97 Å². The molecule has 1 aliphatic heterocycles. The summed E-state index contributed by atoms with van der Waals surface area (Å²) in [6.07, 6.45) is 2.72. The molecule has 0 aliphatic carbocycles. The largest absolute Gasteiger partial charge is 0.497 e. The number of carboxylic acid groups (broad SMARTS) is 1. The van der Waals surface area contributed by atoms with E-state index >= 15 is 0 Å². The molecule has 1 saturated heterocycles. The first-order chi connectivity index (χ1) is 12.0. The van der Waals surface area contributed by atoms with E-state index in [0.717, 1.165) is 5.01 Å². The first kappa shape index (κ1) is 17.3. The second kappa shape index (κ2) is 7.18. The van der Waals surface area contributed by atoms with Gasteiger partial charge in [0, 0.05) is 25.1 Å². The SMILES string of the molecule is COc1ccc(C(=O)N2CCC(c3ncc(C(=O)O)s3)CC2)c(F)c1. The predicted molar refractivity (Wildman–Crippen MR) is 89.9 cm³/mol. The van der Waals surface area contributed by atoms with Crippen LogP contribution in [0.2, 0.25) is 0 Å². The highest BCUT2D eigenvalue weighted by Crippen LogP contribution is 2.31. The Kier molecular flexibility index (Phi) is 4.98. The monoisotopic (exact) mass is 364 g/mol. The summed E-state index contributed by atoms with van der Waals surface area (Å²) in [5.74, 6) is -1.43. The molecule has 8 heteroatoms. The number of carbonyl (C=O) groups is 2. The van der Waals surface area contributed by atoms with E-state index in [-0.39, 0.29) is 22.3 Å². The van der Waals surface area contributed by atoms with Gasteiger partial charge in [-0.3, -0.25) is 4.79 Å². The van der Waals surface area contributed by atoms with Crippen LogP contribution in [0.3, 0.4) is 0 Å². The molecule has 132 valence electrons. The summed E-state index contributed by atoms with van der Waals surface area (Å²) in [5.41, 5.74) is 0.0293. The van der Waals surface area contributed by atoms with Gasteiger partial charge < -0.3 is 14.7 Å². The van der Waals surface area contributed by atoms with E-state index in [9.17, 15) is 14.0 Å². The van der Waals surface area contributed by atoms with E-state index in [1.54, 1.807) is 11.0 Å². The fraction of sp³-hybridized carbons (Fsp3) is 0.353. The molecule has 0 atom stereocenters. The highest BCUT2D eigenvalue weighted by molar-refractivity contribution is 7.13. The summed E-state index contributed by atoms with van der Waals surface area (Å²) in [6, 6.07) is 4.19. The van der Waals surface area contributed by atoms with Gasteiger partial charge in [-0.25, -0.2) is 14.2 Å². The third-order valence-corrected chi connectivity index (χ3v) is 5.42. The lowest BCUT2D eigenvalue weighted by molar-refractivity contribution is 0.0695. The number of likely N-dealkylation sites (tertiary alicyclic amines) is 1. The Hall–Kier alpha value is -2.48. The second-order valence-electron chi connectivity index (χ2n) is 5.78. The molecule has 1 aromatic heterocycles. The standard InChI is InChI=1S/C17H17FN2O4S/c1-24-11-2-3-12(13(18)8-11)16(21)20-6-4-10(5-7-20)15-19-9-14(25-15)17(22)23/h2-3,8-10H,4-7H2,1H3,(H,22,23). The highest BCUT2D eigenvalue weighted by atomic mass is 32.1. The molecule has 1 N–H and O–H groups in total. The number of halogens is 1. The molecule has 1 aromatic carbocycles. The molecule has 0 spiro atoms. The number of rotatable bonds is 4. The maximum absolute atomic E-state index is 14.1. The molecule has 0 unspecified atom stereocenters. The summed E-state index contributed by atoms with van der Waals surface area (Å²) in [6.45, 7) is 0.966. The van der Waals surface area contributed by atoms with E-state index in [1.165, 1.54) is 36.8 Å². The molecule has 2 aromatic rings. The average Bonchev–Trinajstić information content (AvgIpc) is 3.11. The third-order valence-electron chi connectivity index (χ3n) is 4.27. The van der Waals surface area contributed by atoms with Crippen molar-refractivity contribution in [2.24, 2.45) is 0 Å². The van der Waals surface area contributed by atoms with Crippen molar-refractivity contribution in [3.8, 4) is 5.75 Å². The number of hydrogen-bond donors (Lipinski definition) is 1. The quantitative estimate of drug-likeness (QED) is 0.902. The van der Waals surface area contributed by atoms with Crippen molar-refractivity contribution in [2.75, 3.05) is 20.2 Å². The second-order valence-corrected chi connectivity index (χ2v) is 6.84. The number of carboxylic acids is 1. The number of ether oxygens (including phenoxy) is 1. The smallest absolute Gasteiger partial charge is 0.347 e. The Morgan fingerprint density at radius 2 is 2.08 bits per heavy atom. The molecule has 3 rings (SSSR count). The van der Waals surface area contributed by atoms with Crippen LogP contribution in [0.5, 0.6) is 5.75 Å². The lowest BCUT2D eigenvalue weighted by Gasteiger charge is -2.31. The minimum atomic E-state index is -0.980. The van der Waals surface area contributed by atoms with Gasteiger partial charge in [0.1, 0.15) is 16.4 Å². The number of aromatic carboxylic acids is 1. The molecule has 1 aliphatic rings. The number of amides is 1. The maximum Gasteiger partial charge on any atom is 0.347 e. The molecule has 1 fully saturated rings. The van der Waals surface area contributed by atoms with Crippen molar-refractivity contribution >= 4 is 23.2 Å². The number of carbonyl (C=O) groups excluding carboxylic acids is 1. The topological polar surface area (TPSA) is 79.7 Å². The molecule has 2 heterocycles. The zero-order valence-electron chi connectivity index (χ0n) is 13.6. The zero-order chi connectivity index (χ0) is 18.0. The van der Waals surface area contributed by atoms with Crippen LogP contribution in [0.15, 0.2) is 24.4 Å². The summed E-state index contributed by atoms with van der Waals surface area (Å²) in [5, 5.41) is 9.75. The first-order valence-corrected chi connectivity index (χ1v) is 8.63. The minimum Gasteiger partial charge on any atom is -0.497 e. The van der Waals surface area contributed by atoms with E-state index in [0.29, 0.717) is 31.7 Å². The van der Waals surface area contributed by atoms with Crippen molar-refractivity contribution in [3.05, 3.63) is 45.7 Å². The molecular formula is C17H17FN2O4S. The summed E-state index contributed by atoms with van der Waals surface area (Å²) >= 11 is 1.17. The number of methoxy groups -OCH3 is 1. The maximum atomic E-state index is 14.1. The van der Waals surface area contributed by atoms with Crippen molar-refractivity contribution in [3.63, 3.8) is 0 Å². The fourth-order valence-electron chi connectivity index (χ4n) is 2.87. The number of piperidine rings is 1. The molecule has 6 nitrogen and oxygen atoms in total. The van der Waals surface area contributed by atoms with Gasteiger partial charge in [-0.2, -0.15) is 0 Å². The van der Waals surface area contributed by atoms with Crippen LogP contribution in [0, 0.1) is 5.82 Å². The van der Waals surface area contributed by atoms with Crippen LogP contribution in [-0.4, -0.2) is 47.1 Å². The minimum absolute atomic E-state index is 0.0293. The van der Waals surface area contributed by atoms with Crippen LogP contribution in [0.1, 0.15) is 43.8 Å².